The van der Waals surface area contributed by atoms with Gasteiger partial charge >= 0.3 is 0 Å². The van der Waals surface area contributed by atoms with Crippen LogP contribution in [0.25, 0.3) is 0 Å². The highest BCUT2D eigenvalue weighted by molar-refractivity contribution is 5.95. The summed E-state index contributed by atoms with van der Waals surface area (Å²) in [5.74, 6) is 0.182. The minimum atomic E-state index is -0.537. The molecule has 2 aromatic rings. The summed E-state index contributed by atoms with van der Waals surface area (Å²) in [5.41, 5.74) is 6.54. The normalized spacial score (nSPS) is 17.6. The van der Waals surface area contributed by atoms with Crippen LogP contribution in [0, 0.1) is 0 Å². The van der Waals surface area contributed by atoms with E-state index in [4.69, 9.17) is 10.5 Å². The van der Waals surface area contributed by atoms with E-state index in [2.05, 4.69) is 15.3 Å². The SMILES string of the molecule is NC(=O)c1ccccc1Oc1cnc([C@H]2CCCN2)cn1. The highest BCUT2D eigenvalue weighted by atomic mass is 16.5. The van der Waals surface area contributed by atoms with Crippen LogP contribution in [-0.4, -0.2) is 22.4 Å². The van der Waals surface area contributed by atoms with Crippen molar-refractivity contribution in [3.8, 4) is 11.6 Å². The number of carbonyl (C=O) groups excluding carboxylic acids is 1. The molecule has 3 N–H and O–H groups in total. The average Bonchev–Trinajstić information content (AvgIpc) is 3.03. The van der Waals surface area contributed by atoms with Gasteiger partial charge in [-0.3, -0.25) is 9.78 Å². The van der Waals surface area contributed by atoms with Gasteiger partial charge in [0.2, 0.25) is 5.88 Å². The van der Waals surface area contributed by atoms with Gasteiger partial charge in [-0.05, 0) is 31.5 Å². The molecule has 1 fully saturated rings. The fraction of sp³-hybridized carbons (Fsp3) is 0.267. The van der Waals surface area contributed by atoms with Crippen LogP contribution in [0.1, 0.15) is 34.9 Å². The first-order chi connectivity index (χ1) is 10.2. The van der Waals surface area contributed by atoms with Crippen molar-refractivity contribution in [1.82, 2.24) is 15.3 Å². The first-order valence-corrected chi connectivity index (χ1v) is 6.86. The molecule has 1 aliphatic heterocycles. The standard InChI is InChI=1S/C15H16N4O2/c16-15(20)10-4-1-2-6-13(10)21-14-9-18-12(8-19-14)11-5-3-7-17-11/h1-2,4,6,8-9,11,17H,3,5,7H2,(H2,16,20)/t11-/m1/s1. The maximum atomic E-state index is 11.3. The summed E-state index contributed by atoms with van der Waals surface area (Å²) >= 11 is 0. The molecule has 0 aliphatic carbocycles. The molecule has 1 atom stereocenters. The number of carbonyl (C=O) groups is 1. The fourth-order valence-corrected chi connectivity index (χ4v) is 2.37. The van der Waals surface area contributed by atoms with Gasteiger partial charge in [-0.15, -0.1) is 0 Å². The molecule has 1 aromatic heterocycles. The van der Waals surface area contributed by atoms with Gasteiger partial charge in [-0.1, -0.05) is 12.1 Å². The summed E-state index contributed by atoms with van der Waals surface area (Å²) in [7, 11) is 0. The van der Waals surface area contributed by atoms with E-state index in [0.717, 1.165) is 25.1 Å². The number of primary amides is 1. The Hall–Kier alpha value is -2.47. The van der Waals surface area contributed by atoms with Gasteiger partial charge in [-0.25, -0.2) is 4.98 Å². The summed E-state index contributed by atoms with van der Waals surface area (Å²) in [4.78, 5) is 19.9. The summed E-state index contributed by atoms with van der Waals surface area (Å²) in [6.07, 6.45) is 5.48. The second kappa shape index (κ2) is 5.88. The molecule has 0 bridgehead atoms. The van der Waals surface area contributed by atoms with E-state index in [1.165, 1.54) is 0 Å². The Balaban J connectivity index is 1.77. The van der Waals surface area contributed by atoms with Gasteiger partial charge in [0.1, 0.15) is 5.75 Å². The Morgan fingerprint density at radius 1 is 1.29 bits per heavy atom. The molecular weight excluding hydrogens is 268 g/mol. The summed E-state index contributed by atoms with van der Waals surface area (Å²) < 4.78 is 5.59. The molecule has 0 saturated carbocycles. The predicted octanol–water partition coefficient (Wildman–Crippen LogP) is 1.79. The lowest BCUT2D eigenvalue weighted by Gasteiger charge is -2.11. The van der Waals surface area contributed by atoms with E-state index in [9.17, 15) is 4.79 Å². The van der Waals surface area contributed by atoms with Crippen LogP contribution >= 0.6 is 0 Å². The lowest BCUT2D eigenvalue weighted by Crippen LogP contribution is -2.14. The number of rotatable bonds is 4. The Bertz CT molecular complexity index is 636. The summed E-state index contributed by atoms with van der Waals surface area (Å²) in [5, 5.41) is 3.36. The number of aromatic nitrogens is 2. The van der Waals surface area contributed by atoms with Crippen LogP contribution < -0.4 is 15.8 Å². The van der Waals surface area contributed by atoms with Crippen molar-refractivity contribution in [2.45, 2.75) is 18.9 Å². The molecule has 6 heteroatoms. The number of benzene rings is 1. The van der Waals surface area contributed by atoms with Crippen LogP contribution in [0.5, 0.6) is 11.6 Å². The largest absolute Gasteiger partial charge is 0.437 e. The lowest BCUT2D eigenvalue weighted by atomic mass is 10.2. The van der Waals surface area contributed by atoms with Crippen LogP contribution in [0.3, 0.4) is 0 Å². The fourth-order valence-electron chi connectivity index (χ4n) is 2.37. The Kier molecular flexibility index (Phi) is 3.79. The maximum absolute atomic E-state index is 11.3. The zero-order valence-electron chi connectivity index (χ0n) is 11.5. The first kappa shape index (κ1) is 13.5. The van der Waals surface area contributed by atoms with Crippen molar-refractivity contribution in [3.63, 3.8) is 0 Å². The predicted molar refractivity (Wildman–Crippen MR) is 77.0 cm³/mol. The zero-order valence-corrected chi connectivity index (χ0v) is 11.5. The van der Waals surface area contributed by atoms with Gasteiger partial charge in [0.05, 0.1) is 29.7 Å². The van der Waals surface area contributed by atoms with Gasteiger partial charge in [0.25, 0.3) is 5.91 Å². The van der Waals surface area contributed by atoms with Crippen molar-refractivity contribution in [2.75, 3.05) is 6.54 Å². The van der Waals surface area contributed by atoms with E-state index < -0.39 is 5.91 Å². The van der Waals surface area contributed by atoms with Crippen LogP contribution in [0.4, 0.5) is 0 Å². The average molecular weight is 284 g/mol. The minimum Gasteiger partial charge on any atom is -0.437 e. The number of nitrogens with one attached hydrogen (secondary N) is 1. The quantitative estimate of drug-likeness (QED) is 0.893. The van der Waals surface area contributed by atoms with Gasteiger partial charge in [0, 0.05) is 0 Å². The molecule has 1 amide bonds. The van der Waals surface area contributed by atoms with Crippen molar-refractivity contribution in [3.05, 3.63) is 47.9 Å². The van der Waals surface area contributed by atoms with E-state index >= 15 is 0 Å². The van der Waals surface area contributed by atoms with Crippen molar-refractivity contribution in [2.24, 2.45) is 5.73 Å². The Morgan fingerprint density at radius 3 is 2.81 bits per heavy atom. The minimum absolute atomic E-state index is 0.268. The molecule has 1 aromatic carbocycles. The van der Waals surface area contributed by atoms with Crippen molar-refractivity contribution < 1.29 is 9.53 Å². The highest BCUT2D eigenvalue weighted by Crippen LogP contribution is 2.25. The van der Waals surface area contributed by atoms with E-state index in [1.807, 2.05) is 0 Å². The zero-order chi connectivity index (χ0) is 14.7. The molecule has 3 rings (SSSR count). The highest BCUT2D eigenvalue weighted by Gasteiger charge is 2.18. The molecule has 21 heavy (non-hydrogen) atoms. The van der Waals surface area contributed by atoms with Crippen molar-refractivity contribution in [1.29, 1.82) is 0 Å². The topological polar surface area (TPSA) is 90.1 Å². The molecule has 0 radical (unpaired) electrons. The Labute approximate surface area is 122 Å². The third-order valence-corrected chi connectivity index (χ3v) is 3.43. The number of nitrogens with two attached hydrogens (primary N) is 1. The second-order valence-corrected chi connectivity index (χ2v) is 4.89. The number of amides is 1. The van der Waals surface area contributed by atoms with Gasteiger partial charge in [-0.2, -0.15) is 0 Å². The van der Waals surface area contributed by atoms with E-state index in [-0.39, 0.29) is 6.04 Å². The van der Waals surface area contributed by atoms with Gasteiger partial charge in [0.15, 0.2) is 0 Å². The van der Waals surface area contributed by atoms with Gasteiger partial charge < -0.3 is 15.8 Å². The molecule has 0 unspecified atom stereocenters. The number of ether oxygens (including phenoxy) is 1. The lowest BCUT2D eigenvalue weighted by molar-refractivity contribution is 0.0998. The molecule has 2 heterocycles. The van der Waals surface area contributed by atoms with Crippen LogP contribution in [0.2, 0.25) is 0 Å². The maximum Gasteiger partial charge on any atom is 0.252 e. The molecule has 108 valence electrons. The van der Waals surface area contributed by atoms with Crippen molar-refractivity contribution >= 4 is 5.91 Å². The molecule has 1 aliphatic rings. The van der Waals surface area contributed by atoms with Crippen LogP contribution in [0.15, 0.2) is 36.7 Å². The summed E-state index contributed by atoms with van der Waals surface area (Å²) in [6.45, 7) is 1.01. The summed E-state index contributed by atoms with van der Waals surface area (Å²) in [6, 6.07) is 7.06. The van der Waals surface area contributed by atoms with E-state index in [1.54, 1.807) is 36.7 Å². The molecule has 0 spiro atoms. The molecular formula is C15H16N4O2. The van der Waals surface area contributed by atoms with Crippen LogP contribution in [-0.2, 0) is 0 Å². The second-order valence-electron chi connectivity index (χ2n) is 4.89. The molecule has 6 nitrogen and oxygen atoms in total. The number of hydrogen-bond donors (Lipinski definition) is 2. The third kappa shape index (κ3) is 3.00. The first-order valence-electron chi connectivity index (χ1n) is 6.86. The smallest absolute Gasteiger partial charge is 0.252 e. The Morgan fingerprint density at radius 2 is 2.14 bits per heavy atom. The monoisotopic (exact) mass is 284 g/mol. The molecule has 1 saturated heterocycles. The van der Waals surface area contributed by atoms with E-state index in [0.29, 0.717) is 17.2 Å². The third-order valence-electron chi connectivity index (χ3n) is 3.43. The number of para-hydroxylation sites is 1. The number of nitrogens with zero attached hydrogens (tertiary/aromatic N) is 2. The number of hydrogen-bond acceptors (Lipinski definition) is 5.